The van der Waals surface area contributed by atoms with Gasteiger partial charge in [0.25, 0.3) is 5.91 Å². The summed E-state index contributed by atoms with van der Waals surface area (Å²) < 4.78 is 31.0. The average Bonchev–Trinajstić information content (AvgIpc) is 2.64. The molecular weight excluding hydrogens is 342 g/mol. The van der Waals surface area contributed by atoms with Gasteiger partial charge in [0.1, 0.15) is 0 Å². The summed E-state index contributed by atoms with van der Waals surface area (Å²) in [6, 6.07) is 8.23. The fourth-order valence-electron chi connectivity index (χ4n) is 3.18. The van der Waals surface area contributed by atoms with Gasteiger partial charge in [-0.05, 0) is 48.6 Å². The molecule has 0 saturated carbocycles. The number of amides is 2. The zero-order valence-corrected chi connectivity index (χ0v) is 14.1. The van der Waals surface area contributed by atoms with Crippen molar-refractivity contribution < 1.29 is 23.1 Å². The van der Waals surface area contributed by atoms with E-state index in [2.05, 4.69) is 15.4 Å². The molecule has 0 spiro atoms. The number of hydrogen-bond donors (Lipinski definition) is 2. The Bertz CT molecular complexity index is 855. The number of halogens is 2. The first-order valence-electron chi connectivity index (χ1n) is 8.22. The first kappa shape index (κ1) is 17.8. The summed E-state index contributed by atoms with van der Waals surface area (Å²) in [6.45, 7) is 0. The third-order valence-electron chi connectivity index (χ3n) is 4.41. The molecule has 2 aromatic carbocycles. The lowest BCUT2D eigenvalue weighted by Gasteiger charge is -2.27. The minimum Gasteiger partial charge on any atom is -0.453 e. The van der Waals surface area contributed by atoms with Gasteiger partial charge in [-0.2, -0.15) is 0 Å². The van der Waals surface area contributed by atoms with E-state index in [1.54, 1.807) is 12.1 Å². The standard InChI is InChI=1S/C19H18F2N2O3/c1-26-19(25)23-17-7-3-4-12-13(17)5-2-6-14(12)18(24)22-11-8-9-15(20)16(21)10-11/h2,5-6,8-10,17H,3-4,7H2,1H3,(H,22,24)(H,23,25)/t17-/m0/s1. The van der Waals surface area contributed by atoms with Crippen molar-refractivity contribution in [1.82, 2.24) is 5.32 Å². The molecule has 0 unspecified atom stereocenters. The number of alkyl carbamates (subject to hydrolysis) is 1. The van der Waals surface area contributed by atoms with Crippen LogP contribution in [0, 0.1) is 11.6 Å². The van der Waals surface area contributed by atoms with Gasteiger partial charge in [0.05, 0.1) is 13.2 Å². The minimum absolute atomic E-state index is 0.173. The van der Waals surface area contributed by atoms with Gasteiger partial charge >= 0.3 is 6.09 Å². The van der Waals surface area contributed by atoms with Crippen LogP contribution in [0.4, 0.5) is 19.3 Å². The number of carbonyl (C=O) groups is 2. The van der Waals surface area contributed by atoms with Gasteiger partial charge in [0.15, 0.2) is 11.6 Å². The maximum Gasteiger partial charge on any atom is 0.407 e. The van der Waals surface area contributed by atoms with E-state index in [1.165, 1.54) is 13.2 Å². The highest BCUT2D eigenvalue weighted by Gasteiger charge is 2.25. The lowest BCUT2D eigenvalue weighted by Crippen LogP contribution is -2.31. The van der Waals surface area contributed by atoms with Crippen LogP contribution in [-0.4, -0.2) is 19.1 Å². The number of benzene rings is 2. The highest BCUT2D eigenvalue weighted by molar-refractivity contribution is 6.05. The number of fused-ring (bicyclic) bond motifs is 1. The van der Waals surface area contributed by atoms with E-state index in [0.29, 0.717) is 12.0 Å². The van der Waals surface area contributed by atoms with Crippen molar-refractivity contribution in [3.05, 3.63) is 64.7 Å². The molecule has 0 radical (unpaired) electrons. The molecule has 2 aromatic rings. The number of nitrogens with one attached hydrogen (secondary N) is 2. The Hall–Kier alpha value is -2.96. The summed E-state index contributed by atoms with van der Waals surface area (Å²) in [4.78, 5) is 24.2. The van der Waals surface area contributed by atoms with Crippen LogP contribution in [0.15, 0.2) is 36.4 Å². The third-order valence-corrected chi connectivity index (χ3v) is 4.41. The molecule has 0 aromatic heterocycles. The van der Waals surface area contributed by atoms with Crippen molar-refractivity contribution in [2.45, 2.75) is 25.3 Å². The fraction of sp³-hybridized carbons (Fsp3) is 0.263. The summed E-state index contributed by atoms with van der Waals surface area (Å²) in [7, 11) is 1.30. The Morgan fingerprint density at radius 2 is 1.96 bits per heavy atom. The van der Waals surface area contributed by atoms with Crippen LogP contribution < -0.4 is 10.6 Å². The Labute approximate surface area is 149 Å². The molecule has 1 atom stereocenters. The fourth-order valence-corrected chi connectivity index (χ4v) is 3.18. The molecule has 2 amide bonds. The number of ether oxygens (including phenoxy) is 1. The van der Waals surface area contributed by atoms with Crippen molar-refractivity contribution in [3.8, 4) is 0 Å². The second-order valence-electron chi connectivity index (χ2n) is 6.04. The lowest BCUT2D eigenvalue weighted by atomic mass is 9.84. The molecular formula is C19H18F2N2O3. The minimum atomic E-state index is -1.03. The second-order valence-corrected chi connectivity index (χ2v) is 6.04. The highest BCUT2D eigenvalue weighted by atomic mass is 19.2. The molecule has 136 valence electrons. The molecule has 2 N–H and O–H groups in total. The van der Waals surface area contributed by atoms with Crippen LogP contribution in [0.1, 0.15) is 40.4 Å². The second kappa shape index (κ2) is 7.51. The SMILES string of the molecule is COC(=O)N[C@H]1CCCc2c(C(=O)Nc3ccc(F)c(F)c3)cccc21. The molecule has 3 rings (SSSR count). The Morgan fingerprint density at radius 1 is 1.15 bits per heavy atom. The normalized spacial score (nSPS) is 15.7. The monoisotopic (exact) mass is 360 g/mol. The van der Waals surface area contributed by atoms with E-state index in [-0.39, 0.29) is 11.7 Å². The van der Waals surface area contributed by atoms with Crippen LogP contribution in [0.3, 0.4) is 0 Å². The zero-order valence-electron chi connectivity index (χ0n) is 14.1. The Balaban J connectivity index is 1.86. The van der Waals surface area contributed by atoms with Gasteiger partial charge < -0.3 is 15.4 Å². The summed E-state index contributed by atoms with van der Waals surface area (Å²) in [6.07, 6.45) is 1.71. The molecule has 0 saturated heterocycles. The number of carbonyl (C=O) groups excluding carboxylic acids is 2. The molecule has 0 fully saturated rings. The summed E-state index contributed by atoms with van der Waals surface area (Å²) in [5.41, 5.74) is 2.31. The summed E-state index contributed by atoms with van der Waals surface area (Å²) in [5.74, 6) is -2.41. The Kier molecular flexibility index (Phi) is 5.16. The van der Waals surface area contributed by atoms with E-state index >= 15 is 0 Å². The first-order valence-corrected chi connectivity index (χ1v) is 8.22. The molecule has 7 heteroatoms. The van der Waals surface area contributed by atoms with Crippen molar-refractivity contribution in [1.29, 1.82) is 0 Å². The third kappa shape index (κ3) is 3.66. The largest absolute Gasteiger partial charge is 0.453 e. The summed E-state index contributed by atoms with van der Waals surface area (Å²) >= 11 is 0. The molecule has 26 heavy (non-hydrogen) atoms. The number of methoxy groups -OCH3 is 1. The van der Waals surface area contributed by atoms with Crippen molar-refractivity contribution >= 4 is 17.7 Å². The smallest absolute Gasteiger partial charge is 0.407 e. The lowest BCUT2D eigenvalue weighted by molar-refractivity contribution is 0.102. The van der Waals surface area contributed by atoms with E-state index in [0.717, 1.165) is 36.1 Å². The Morgan fingerprint density at radius 3 is 2.69 bits per heavy atom. The maximum absolute atomic E-state index is 13.3. The molecule has 0 aliphatic heterocycles. The first-order chi connectivity index (χ1) is 12.5. The van der Waals surface area contributed by atoms with Crippen LogP contribution in [0.5, 0.6) is 0 Å². The zero-order chi connectivity index (χ0) is 18.7. The van der Waals surface area contributed by atoms with Crippen LogP contribution in [-0.2, 0) is 11.2 Å². The van der Waals surface area contributed by atoms with Gasteiger partial charge in [-0.1, -0.05) is 12.1 Å². The van der Waals surface area contributed by atoms with E-state index in [4.69, 9.17) is 0 Å². The predicted octanol–water partition coefficient (Wildman–Crippen LogP) is 3.95. The van der Waals surface area contributed by atoms with Gasteiger partial charge in [0.2, 0.25) is 0 Å². The number of hydrogen-bond acceptors (Lipinski definition) is 3. The maximum atomic E-state index is 13.3. The van der Waals surface area contributed by atoms with Crippen LogP contribution >= 0.6 is 0 Å². The van der Waals surface area contributed by atoms with Crippen molar-refractivity contribution in [2.24, 2.45) is 0 Å². The topological polar surface area (TPSA) is 67.4 Å². The van der Waals surface area contributed by atoms with Gasteiger partial charge in [-0.3, -0.25) is 4.79 Å². The molecule has 5 nitrogen and oxygen atoms in total. The predicted molar refractivity (Wildman–Crippen MR) is 92.0 cm³/mol. The number of anilines is 1. The van der Waals surface area contributed by atoms with Gasteiger partial charge in [-0.15, -0.1) is 0 Å². The summed E-state index contributed by atoms with van der Waals surface area (Å²) in [5, 5.41) is 5.36. The van der Waals surface area contributed by atoms with E-state index in [9.17, 15) is 18.4 Å². The van der Waals surface area contributed by atoms with E-state index < -0.39 is 23.6 Å². The highest BCUT2D eigenvalue weighted by Crippen LogP contribution is 2.32. The molecule has 0 heterocycles. The van der Waals surface area contributed by atoms with E-state index in [1.807, 2.05) is 6.07 Å². The van der Waals surface area contributed by atoms with Crippen molar-refractivity contribution in [2.75, 3.05) is 12.4 Å². The van der Waals surface area contributed by atoms with Crippen LogP contribution in [0.2, 0.25) is 0 Å². The van der Waals surface area contributed by atoms with Gasteiger partial charge in [0, 0.05) is 17.3 Å². The number of rotatable bonds is 3. The quantitative estimate of drug-likeness (QED) is 0.871. The van der Waals surface area contributed by atoms with Crippen molar-refractivity contribution in [3.63, 3.8) is 0 Å². The molecule has 0 bridgehead atoms. The average molecular weight is 360 g/mol. The van der Waals surface area contributed by atoms with Crippen LogP contribution in [0.25, 0.3) is 0 Å². The molecule has 1 aliphatic rings. The molecule has 1 aliphatic carbocycles. The van der Waals surface area contributed by atoms with Gasteiger partial charge in [-0.25, -0.2) is 13.6 Å².